The second kappa shape index (κ2) is 4.47. The van der Waals surface area contributed by atoms with Gasteiger partial charge in [0, 0.05) is 6.20 Å². The minimum atomic E-state index is -1.79. The molecule has 0 aliphatic carbocycles. The van der Waals surface area contributed by atoms with E-state index in [0.29, 0.717) is 0 Å². The molecule has 1 aliphatic heterocycles. The van der Waals surface area contributed by atoms with E-state index in [0.717, 1.165) is 4.57 Å². The summed E-state index contributed by atoms with van der Waals surface area (Å²) < 4.78 is 6.95. The van der Waals surface area contributed by atoms with Gasteiger partial charge in [-0.05, 0) is 26.8 Å². The number of hydrogen-bond acceptors (Lipinski definition) is 6. The fourth-order valence-corrected chi connectivity index (χ4v) is 2.53. The lowest BCUT2D eigenvalue weighted by Gasteiger charge is -2.39. The van der Waals surface area contributed by atoms with Crippen LogP contribution in [0.5, 0.6) is 0 Å². The van der Waals surface area contributed by atoms with Crippen LogP contribution in [0.25, 0.3) is 0 Å². The molecule has 0 radical (unpaired) electrons. The van der Waals surface area contributed by atoms with Gasteiger partial charge in [0.15, 0.2) is 6.23 Å². The maximum absolute atomic E-state index is 11.9. The molecule has 1 unspecified atom stereocenters. The Labute approximate surface area is 120 Å². The minimum absolute atomic E-state index is 0.251. The summed E-state index contributed by atoms with van der Waals surface area (Å²) in [4.78, 5) is 14.3. The van der Waals surface area contributed by atoms with E-state index in [-0.39, 0.29) is 4.64 Å². The van der Waals surface area contributed by atoms with E-state index in [9.17, 15) is 20.1 Å². The third kappa shape index (κ3) is 1.87. The number of aliphatic hydroxyl groups excluding tert-OH is 1. The first-order valence-corrected chi connectivity index (χ1v) is 6.52. The van der Waals surface area contributed by atoms with E-state index in [2.05, 4.69) is 4.98 Å². The van der Waals surface area contributed by atoms with Crippen LogP contribution in [0.3, 0.4) is 0 Å². The molecule has 1 fully saturated rings. The average Bonchev–Trinajstić information content (AvgIpc) is 2.48. The fraction of sp³-hybridized carbons (Fsp3) is 0.667. The van der Waals surface area contributed by atoms with E-state index in [4.69, 9.17) is 17.0 Å². The monoisotopic (exact) mass is 302 g/mol. The van der Waals surface area contributed by atoms with E-state index < -0.39 is 35.3 Å². The number of aromatic amines is 1. The Balaban J connectivity index is 2.59. The minimum Gasteiger partial charge on any atom is -0.393 e. The largest absolute Gasteiger partial charge is 0.393 e. The van der Waals surface area contributed by atoms with Gasteiger partial charge in [0.1, 0.15) is 21.4 Å². The van der Waals surface area contributed by atoms with Gasteiger partial charge >= 0.3 is 5.69 Å². The molecule has 4 N–H and O–H groups in total. The zero-order chi connectivity index (χ0) is 15.3. The summed E-state index contributed by atoms with van der Waals surface area (Å²) in [5.41, 5.74) is -5.52. The molecule has 0 amide bonds. The Morgan fingerprint density at radius 2 is 2.05 bits per heavy atom. The van der Waals surface area contributed by atoms with Gasteiger partial charge in [0.2, 0.25) is 0 Å². The number of nitrogens with one attached hydrogen (secondary N) is 1. The SMILES string of the molecule is CC1(O)[C@H](n2ccc(=S)[nH]c2=O)O[C@](C)(CO)[C@]1(C)O. The van der Waals surface area contributed by atoms with Crippen LogP contribution in [-0.2, 0) is 4.74 Å². The van der Waals surface area contributed by atoms with Crippen molar-refractivity contribution in [3.05, 3.63) is 27.4 Å². The van der Waals surface area contributed by atoms with Crippen LogP contribution in [0.1, 0.15) is 27.0 Å². The number of H-pyrrole nitrogens is 1. The van der Waals surface area contributed by atoms with Crippen LogP contribution in [0.15, 0.2) is 17.1 Å². The molecule has 1 aromatic heterocycles. The zero-order valence-corrected chi connectivity index (χ0v) is 12.3. The first kappa shape index (κ1) is 15.3. The predicted octanol–water partition coefficient (Wildman–Crippen LogP) is -0.312. The molecular formula is C12H18N2O5S. The predicted molar refractivity (Wildman–Crippen MR) is 72.7 cm³/mol. The fourth-order valence-electron chi connectivity index (χ4n) is 2.38. The molecule has 2 heterocycles. The van der Waals surface area contributed by atoms with Gasteiger partial charge < -0.3 is 20.1 Å². The highest BCUT2D eigenvalue weighted by Gasteiger charge is 2.67. The molecule has 7 nitrogen and oxygen atoms in total. The molecule has 0 aromatic carbocycles. The van der Waals surface area contributed by atoms with Crippen molar-refractivity contribution in [1.82, 2.24) is 9.55 Å². The maximum atomic E-state index is 11.9. The van der Waals surface area contributed by atoms with E-state index >= 15 is 0 Å². The highest BCUT2D eigenvalue weighted by atomic mass is 32.1. The summed E-state index contributed by atoms with van der Waals surface area (Å²) in [5, 5.41) is 30.6. The average molecular weight is 302 g/mol. The molecule has 4 atom stereocenters. The first-order chi connectivity index (χ1) is 9.07. The second-order valence-corrected chi connectivity index (χ2v) is 6.04. The van der Waals surface area contributed by atoms with Crippen molar-refractivity contribution in [3.8, 4) is 0 Å². The molecule has 1 saturated heterocycles. The number of aliphatic hydroxyl groups is 3. The van der Waals surface area contributed by atoms with Crippen molar-refractivity contribution in [1.29, 1.82) is 0 Å². The molecule has 2 rings (SSSR count). The number of rotatable bonds is 2. The lowest BCUT2D eigenvalue weighted by Crippen LogP contribution is -2.60. The van der Waals surface area contributed by atoms with Gasteiger partial charge in [-0.15, -0.1) is 0 Å². The van der Waals surface area contributed by atoms with Crippen molar-refractivity contribution >= 4 is 12.2 Å². The van der Waals surface area contributed by atoms with Crippen molar-refractivity contribution in [2.75, 3.05) is 6.61 Å². The molecule has 0 bridgehead atoms. The highest BCUT2D eigenvalue weighted by Crippen LogP contribution is 2.50. The Bertz CT molecular complexity index is 635. The van der Waals surface area contributed by atoms with Gasteiger partial charge in [-0.25, -0.2) is 4.79 Å². The Kier molecular flexibility index (Phi) is 3.43. The smallest absolute Gasteiger partial charge is 0.328 e. The highest BCUT2D eigenvalue weighted by molar-refractivity contribution is 7.71. The number of aromatic nitrogens is 2. The van der Waals surface area contributed by atoms with E-state index in [1.54, 1.807) is 0 Å². The van der Waals surface area contributed by atoms with Crippen molar-refractivity contribution in [2.45, 2.75) is 43.8 Å². The van der Waals surface area contributed by atoms with Gasteiger partial charge in [-0.3, -0.25) is 9.55 Å². The van der Waals surface area contributed by atoms with Gasteiger partial charge in [-0.2, -0.15) is 0 Å². The number of ether oxygens (including phenoxy) is 1. The van der Waals surface area contributed by atoms with Crippen LogP contribution in [-0.4, -0.2) is 48.3 Å². The van der Waals surface area contributed by atoms with Crippen molar-refractivity contribution in [3.63, 3.8) is 0 Å². The molecule has 1 aliphatic rings. The van der Waals surface area contributed by atoms with Gasteiger partial charge in [-0.1, -0.05) is 12.2 Å². The number of nitrogens with zero attached hydrogens (tertiary/aromatic N) is 1. The molecule has 0 saturated carbocycles. The van der Waals surface area contributed by atoms with Gasteiger partial charge in [0.05, 0.1) is 6.61 Å². The quantitative estimate of drug-likeness (QED) is 0.558. The molecular weight excluding hydrogens is 284 g/mol. The third-order valence-corrected chi connectivity index (χ3v) is 4.51. The molecule has 20 heavy (non-hydrogen) atoms. The van der Waals surface area contributed by atoms with E-state index in [1.165, 1.54) is 33.0 Å². The molecule has 1 aromatic rings. The standard InChI is InChI=1S/C12H18N2O5S/c1-10(6-15)12(3,18)11(2,17)8(19-10)14-5-4-7(20)13-9(14)16/h4-5,8,15,17-18H,6H2,1-3H3,(H,13,16,20)/t8-,10-,11?,12+/m1/s1. The summed E-state index contributed by atoms with van der Waals surface area (Å²) in [5.74, 6) is 0. The lowest BCUT2D eigenvalue weighted by atomic mass is 9.76. The lowest BCUT2D eigenvalue weighted by molar-refractivity contribution is -0.162. The second-order valence-electron chi connectivity index (χ2n) is 5.60. The van der Waals surface area contributed by atoms with Crippen LogP contribution in [0.2, 0.25) is 0 Å². The van der Waals surface area contributed by atoms with Crippen LogP contribution in [0, 0.1) is 4.64 Å². The van der Waals surface area contributed by atoms with Crippen LogP contribution >= 0.6 is 12.2 Å². The Morgan fingerprint density at radius 1 is 1.45 bits per heavy atom. The first-order valence-electron chi connectivity index (χ1n) is 6.12. The van der Waals surface area contributed by atoms with E-state index in [1.807, 2.05) is 0 Å². The molecule has 112 valence electrons. The van der Waals surface area contributed by atoms with Crippen molar-refractivity contribution in [2.24, 2.45) is 0 Å². The summed E-state index contributed by atoms with van der Waals surface area (Å²) in [6.07, 6.45) is 0.216. The Morgan fingerprint density at radius 3 is 2.50 bits per heavy atom. The Hall–Kier alpha value is -1.06. The van der Waals surface area contributed by atoms with Gasteiger partial charge in [0.25, 0.3) is 0 Å². The van der Waals surface area contributed by atoms with Crippen LogP contribution in [0.4, 0.5) is 0 Å². The zero-order valence-electron chi connectivity index (χ0n) is 11.5. The normalized spacial score (nSPS) is 41.0. The number of hydrogen-bond donors (Lipinski definition) is 4. The third-order valence-electron chi connectivity index (χ3n) is 4.27. The summed E-state index contributed by atoms with van der Waals surface area (Å²) in [7, 11) is 0. The summed E-state index contributed by atoms with van der Waals surface area (Å²) >= 11 is 4.84. The summed E-state index contributed by atoms with van der Waals surface area (Å²) in [6, 6.07) is 1.47. The topological polar surface area (TPSA) is 108 Å². The molecule has 0 spiro atoms. The summed E-state index contributed by atoms with van der Waals surface area (Å²) in [6.45, 7) is 3.67. The van der Waals surface area contributed by atoms with Crippen LogP contribution < -0.4 is 5.69 Å². The molecule has 8 heteroatoms. The maximum Gasteiger partial charge on any atom is 0.328 e. The van der Waals surface area contributed by atoms with Crippen molar-refractivity contribution < 1.29 is 20.1 Å².